The van der Waals surface area contributed by atoms with Gasteiger partial charge in [0.2, 0.25) is 0 Å². The summed E-state index contributed by atoms with van der Waals surface area (Å²) >= 11 is 0. The zero-order valence-corrected chi connectivity index (χ0v) is 10.4. The minimum absolute atomic E-state index is 0.0519. The summed E-state index contributed by atoms with van der Waals surface area (Å²) in [5.74, 6) is 0. The Labute approximate surface area is 103 Å². The van der Waals surface area contributed by atoms with E-state index >= 15 is 0 Å². The van der Waals surface area contributed by atoms with Gasteiger partial charge in [0, 0.05) is 17.6 Å². The van der Waals surface area contributed by atoms with Gasteiger partial charge in [0.15, 0.2) is 0 Å². The molecule has 4 nitrogen and oxygen atoms in total. The van der Waals surface area contributed by atoms with E-state index in [4.69, 9.17) is 0 Å². The van der Waals surface area contributed by atoms with Crippen LogP contribution in [-0.2, 0) is 0 Å². The predicted molar refractivity (Wildman–Crippen MR) is 66.9 cm³/mol. The third kappa shape index (κ3) is 2.41. The third-order valence-corrected chi connectivity index (χ3v) is 4.72. The Kier molecular flexibility index (Phi) is 2.99. The predicted octanol–water partition coefficient (Wildman–Crippen LogP) is 1.51. The number of amides is 2. The van der Waals surface area contributed by atoms with Gasteiger partial charge in [0.1, 0.15) is 0 Å². The normalized spacial score (nSPS) is 31.4. The second kappa shape index (κ2) is 4.48. The maximum absolute atomic E-state index is 11.8. The molecule has 0 aromatic heterocycles. The van der Waals surface area contributed by atoms with Crippen molar-refractivity contribution < 1.29 is 4.79 Å². The molecule has 1 heterocycles. The van der Waals surface area contributed by atoms with Crippen molar-refractivity contribution in [3.63, 3.8) is 0 Å². The van der Waals surface area contributed by atoms with Crippen LogP contribution in [0.5, 0.6) is 0 Å². The number of carbonyl (C=O) groups excluding carboxylic acids is 1. The van der Waals surface area contributed by atoms with Crippen LogP contribution in [0.1, 0.15) is 51.4 Å². The van der Waals surface area contributed by atoms with E-state index in [1.807, 2.05) is 0 Å². The van der Waals surface area contributed by atoms with Crippen LogP contribution in [0.4, 0.5) is 4.79 Å². The molecule has 1 aliphatic heterocycles. The van der Waals surface area contributed by atoms with Crippen LogP contribution in [-0.4, -0.2) is 30.2 Å². The highest BCUT2D eigenvalue weighted by atomic mass is 16.2. The van der Waals surface area contributed by atoms with Gasteiger partial charge in [0.25, 0.3) is 0 Å². The lowest BCUT2D eigenvalue weighted by Gasteiger charge is -2.48. The molecule has 0 aromatic carbocycles. The van der Waals surface area contributed by atoms with E-state index in [2.05, 4.69) is 16.0 Å². The molecule has 3 rings (SSSR count). The van der Waals surface area contributed by atoms with Crippen molar-refractivity contribution in [2.24, 2.45) is 0 Å². The van der Waals surface area contributed by atoms with Crippen LogP contribution in [0, 0.1) is 0 Å². The lowest BCUT2D eigenvalue weighted by Crippen LogP contribution is -2.60. The van der Waals surface area contributed by atoms with Crippen LogP contribution >= 0.6 is 0 Å². The monoisotopic (exact) mass is 237 g/mol. The number of carbonyl (C=O) groups is 1. The lowest BCUT2D eigenvalue weighted by atomic mass is 9.70. The third-order valence-electron chi connectivity index (χ3n) is 4.72. The van der Waals surface area contributed by atoms with Gasteiger partial charge in [-0.2, -0.15) is 0 Å². The second-order valence-electron chi connectivity index (χ2n) is 6.00. The van der Waals surface area contributed by atoms with Crippen molar-refractivity contribution in [1.29, 1.82) is 0 Å². The molecule has 2 saturated carbocycles. The van der Waals surface area contributed by atoms with Gasteiger partial charge < -0.3 is 16.0 Å². The fraction of sp³-hybridized carbons (Fsp3) is 0.923. The molecule has 0 radical (unpaired) electrons. The first-order valence-corrected chi connectivity index (χ1v) is 7.08. The maximum atomic E-state index is 11.8. The number of nitrogens with one attached hydrogen (secondary N) is 3. The van der Waals surface area contributed by atoms with Gasteiger partial charge in [-0.15, -0.1) is 0 Å². The number of rotatable bonds is 2. The summed E-state index contributed by atoms with van der Waals surface area (Å²) in [5.41, 5.74) is 0.368. The Morgan fingerprint density at radius 2 is 1.82 bits per heavy atom. The van der Waals surface area contributed by atoms with Gasteiger partial charge in [-0.25, -0.2) is 4.79 Å². The second-order valence-corrected chi connectivity index (χ2v) is 6.00. The summed E-state index contributed by atoms with van der Waals surface area (Å²) in [6.45, 7) is 1.05. The molecule has 1 spiro atoms. The highest BCUT2D eigenvalue weighted by Crippen LogP contribution is 2.38. The first-order valence-electron chi connectivity index (χ1n) is 7.08. The highest BCUT2D eigenvalue weighted by molar-refractivity contribution is 5.74. The van der Waals surface area contributed by atoms with Crippen molar-refractivity contribution in [2.75, 3.05) is 6.54 Å². The standard InChI is InChI=1S/C13H23N3O/c17-12(15-10-3-1-4-10)16-11-5-8-14-13(9-11)6-2-7-13/h10-11,14H,1-9H2,(H2,15,16,17). The van der Waals surface area contributed by atoms with E-state index < -0.39 is 0 Å². The average Bonchev–Trinajstić information content (AvgIpc) is 2.22. The first-order chi connectivity index (χ1) is 8.26. The minimum Gasteiger partial charge on any atom is -0.335 e. The summed E-state index contributed by atoms with van der Waals surface area (Å²) in [7, 11) is 0. The van der Waals surface area contributed by atoms with Crippen molar-refractivity contribution in [3.05, 3.63) is 0 Å². The molecule has 4 heteroatoms. The summed E-state index contributed by atoms with van der Waals surface area (Å²) in [6.07, 6.45) is 9.68. The van der Waals surface area contributed by atoms with Crippen molar-refractivity contribution in [2.45, 2.75) is 69.0 Å². The smallest absolute Gasteiger partial charge is 0.315 e. The molecule has 17 heavy (non-hydrogen) atoms. The molecule has 2 aliphatic carbocycles. The minimum atomic E-state index is 0.0519. The first kappa shape index (κ1) is 11.3. The highest BCUT2D eigenvalue weighted by Gasteiger charge is 2.41. The molecular formula is C13H23N3O. The molecule has 1 unspecified atom stereocenters. The van der Waals surface area contributed by atoms with Crippen molar-refractivity contribution in [3.8, 4) is 0 Å². The summed E-state index contributed by atoms with van der Waals surface area (Å²) in [6, 6.07) is 0.863. The van der Waals surface area contributed by atoms with Gasteiger partial charge >= 0.3 is 6.03 Å². The van der Waals surface area contributed by atoms with E-state index in [0.29, 0.717) is 17.6 Å². The zero-order valence-electron chi connectivity index (χ0n) is 10.4. The van der Waals surface area contributed by atoms with Crippen LogP contribution < -0.4 is 16.0 Å². The van der Waals surface area contributed by atoms with Crippen LogP contribution in [0.3, 0.4) is 0 Å². The topological polar surface area (TPSA) is 53.2 Å². The molecule has 0 bridgehead atoms. The molecule has 96 valence electrons. The largest absolute Gasteiger partial charge is 0.335 e. The molecule has 3 fully saturated rings. The Morgan fingerprint density at radius 1 is 1.06 bits per heavy atom. The van der Waals surface area contributed by atoms with E-state index in [1.165, 1.54) is 25.7 Å². The van der Waals surface area contributed by atoms with Gasteiger partial charge in [0.05, 0.1) is 0 Å². The quantitative estimate of drug-likeness (QED) is 0.682. The van der Waals surface area contributed by atoms with Gasteiger partial charge in [-0.3, -0.25) is 0 Å². The van der Waals surface area contributed by atoms with Crippen molar-refractivity contribution >= 4 is 6.03 Å². The number of urea groups is 1. The molecule has 1 saturated heterocycles. The number of piperidine rings is 1. The summed E-state index contributed by atoms with van der Waals surface area (Å²) < 4.78 is 0. The lowest BCUT2D eigenvalue weighted by molar-refractivity contribution is 0.120. The fourth-order valence-corrected chi connectivity index (χ4v) is 3.23. The van der Waals surface area contributed by atoms with Gasteiger partial charge in [-0.05, 0) is 57.9 Å². The maximum Gasteiger partial charge on any atom is 0.315 e. The average molecular weight is 237 g/mol. The van der Waals surface area contributed by atoms with Crippen LogP contribution in [0.25, 0.3) is 0 Å². The van der Waals surface area contributed by atoms with E-state index in [-0.39, 0.29) is 6.03 Å². The van der Waals surface area contributed by atoms with Gasteiger partial charge in [-0.1, -0.05) is 0 Å². The summed E-state index contributed by atoms with van der Waals surface area (Å²) in [4.78, 5) is 11.8. The molecular weight excluding hydrogens is 214 g/mol. The number of hydrogen-bond acceptors (Lipinski definition) is 2. The Balaban J connectivity index is 1.45. The zero-order chi connectivity index (χ0) is 11.7. The summed E-state index contributed by atoms with van der Waals surface area (Å²) in [5, 5.41) is 9.83. The molecule has 2 amide bonds. The van der Waals surface area contributed by atoms with E-state index in [0.717, 1.165) is 32.2 Å². The molecule has 1 atom stereocenters. The Hall–Kier alpha value is -0.770. The Bertz CT molecular complexity index is 297. The molecule has 3 aliphatic rings. The van der Waals surface area contributed by atoms with Crippen LogP contribution in [0.2, 0.25) is 0 Å². The molecule has 3 N–H and O–H groups in total. The number of hydrogen-bond donors (Lipinski definition) is 3. The SMILES string of the molecule is O=C(NC1CCC1)NC1CCNC2(CCC2)C1. The fourth-order valence-electron chi connectivity index (χ4n) is 3.23. The van der Waals surface area contributed by atoms with E-state index in [9.17, 15) is 4.79 Å². The van der Waals surface area contributed by atoms with Crippen molar-refractivity contribution in [1.82, 2.24) is 16.0 Å². The Morgan fingerprint density at radius 3 is 2.41 bits per heavy atom. The van der Waals surface area contributed by atoms with E-state index in [1.54, 1.807) is 0 Å². The van der Waals surface area contributed by atoms with Crippen LogP contribution in [0.15, 0.2) is 0 Å². The molecule has 0 aromatic rings.